The Balaban J connectivity index is 2.02. The summed E-state index contributed by atoms with van der Waals surface area (Å²) in [7, 11) is 0. The molecule has 1 unspecified atom stereocenters. The number of hydrogen-bond donors (Lipinski definition) is 1. The minimum absolute atomic E-state index is 0.168. The number of benzene rings is 2. The summed E-state index contributed by atoms with van der Waals surface area (Å²) in [6.45, 7) is 5.30. The van der Waals surface area contributed by atoms with E-state index in [-0.39, 0.29) is 5.82 Å². The van der Waals surface area contributed by atoms with Gasteiger partial charge in [-0.2, -0.15) is 0 Å². The molecule has 0 aliphatic rings. The summed E-state index contributed by atoms with van der Waals surface area (Å²) in [4.78, 5) is 0. The van der Waals surface area contributed by atoms with E-state index in [1.165, 1.54) is 11.1 Å². The van der Waals surface area contributed by atoms with Gasteiger partial charge in [-0.25, -0.2) is 4.39 Å². The Morgan fingerprint density at radius 1 is 0.857 bits per heavy atom. The van der Waals surface area contributed by atoms with Crippen LogP contribution in [0.25, 0.3) is 0 Å². The van der Waals surface area contributed by atoms with Gasteiger partial charge >= 0.3 is 0 Å². The molecule has 2 aromatic rings. The Kier molecular flexibility index (Phi) is 5.94. The van der Waals surface area contributed by atoms with E-state index >= 15 is 0 Å². The lowest BCUT2D eigenvalue weighted by Gasteiger charge is -2.19. The van der Waals surface area contributed by atoms with Crippen LogP contribution in [0.15, 0.2) is 54.6 Å². The zero-order valence-electron chi connectivity index (χ0n) is 12.9. The highest BCUT2D eigenvalue weighted by Gasteiger charge is 2.11. The van der Waals surface area contributed by atoms with Gasteiger partial charge < -0.3 is 5.32 Å². The van der Waals surface area contributed by atoms with Gasteiger partial charge in [0.25, 0.3) is 0 Å². The second-order valence-corrected chi connectivity index (χ2v) is 5.95. The van der Waals surface area contributed by atoms with E-state index in [1.807, 2.05) is 18.2 Å². The van der Waals surface area contributed by atoms with Crippen molar-refractivity contribution in [3.05, 3.63) is 71.5 Å². The van der Waals surface area contributed by atoms with Crippen molar-refractivity contribution in [3.63, 3.8) is 0 Å². The van der Waals surface area contributed by atoms with E-state index in [0.29, 0.717) is 12.0 Å². The molecule has 2 rings (SSSR count). The van der Waals surface area contributed by atoms with Crippen molar-refractivity contribution < 1.29 is 4.39 Å². The van der Waals surface area contributed by atoms with E-state index < -0.39 is 0 Å². The van der Waals surface area contributed by atoms with Crippen LogP contribution in [-0.2, 0) is 12.8 Å². The number of hydrogen-bond acceptors (Lipinski definition) is 1. The molecule has 0 heterocycles. The van der Waals surface area contributed by atoms with Gasteiger partial charge in [0, 0.05) is 6.04 Å². The average molecular weight is 285 g/mol. The first-order valence-electron chi connectivity index (χ1n) is 7.65. The predicted octanol–water partition coefficient (Wildman–Crippen LogP) is 4.23. The summed E-state index contributed by atoms with van der Waals surface area (Å²) in [5.41, 5.74) is 2.55. The Morgan fingerprint density at radius 2 is 1.43 bits per heavy atom. The molecule has 2 heteroatoms. The van der Waals surface area contributed by atoms with Crippen molar-refractivity contribution >= 4 is 0 Å². The summed E-state index contributed by atoms with van der Waals surface area (Å²) >= 11 is 0. The smallest absolute Gasteiger partial charge is 0.123 e. The fourth-order valence-corrected chi connectivity index (χ4v) is 2.52. The predicted molar refractivity (Wildman–Crippen MR) is 86.9 cm³/mol. The second-order valence-electron chi connectivity index (χ2n) is 5.95. The molecule has 2 aromatic carbocycles. The van der Waals surface area contributed by atoms with Crippen LogP contribution in [-0.4, -0.2) is 12.6 Å². The van der Waals surface area contributed by atoms with Crippen molar-refractivity contribution in [1.82, 2.24) is 5.32 Å². The lowest BCUT2D eigenvalue weighted by molar-refractivity contribution is 0.444. The minimum atomic E-state index is -0.168. The first-order chi connectivity index (χ1) is 10.1. The highest BCUT2D eigenvalue weighted by atomic mass is 19.1. The fraction of sp³-hybridized carbons (Fsp3) is 0.368. The van der Waals surface area contributed by atoms with Crippen molar-refractivity contribution in [1.29, 1.82) is 0 Å². The number of rotatable bonds is 7. The molecule has 0 amide bonds. The van der Waals surface area contributed by atoms with Crippen LogP contribution in [0, 0.1) is 11.7 Å². The van der Waals surface area contributed by atoms with Gasteiger partial charge in [-0.15, -0.1) is 0 Å². The van der Waals surface area contributed by atoms with Gasteiger partial charge in [-0.1, -0.05) is 56.3 Å². The number of nitrogens with one attached hydrogen (secondary N) is 1. The lowest BCUT2D eigenvalue weighted by Crippen LogP contribution is -2.31. The maximum atomic E-state index is 13.0. The summed E-state index contributed by atoms with van der Waals surface area (Å²) in [6.07, 6.45) is 2.01. The topological polar surface area (TPSA) is 12.0 Å². The van der Waals surface area contributed by atoms with Crippen molar-refractivity contribution in [2.75, 3.05) is 6.54 Å². The van der Waals surface area contributed by atoms with Crippen molar-refractivity contribution in [2.45, 2.75) is 32.7 Å². The molecule has 1 N–H and O–H groups in total. The Labute approximate surface area is 127 Å². The van der Waals surface area contributed by atoms with Gasteiger partial charge in [-0.3, -0.25) is 0 Å². The molecule has 1 atom stereocenters. The van der Waals surface area contributed by atoms with Crippen molar-refractivity contribution in [3.8, 4) is 0 Å². The van der Waals surface area contributed by atoms with E-state index in [0.717, 1.165) is 19.4 Å². The SMILES string of the molecule is CC(C)NCC(Cc1ccccc1)Cc1ccc(F)cc1. The van der Waals surface area contributed by atoms with Crippen LogP contribution in [0.5, 0.6) is 0 Å². The van der Waals surface area contributed by atoms with Crippen LogP contribution in [0.2, 0.25) is 0 Å². The van der Waals surface area contributed by atoms with Crippen LogP contribution in [0.4, 0.5) is 4.39 Å². The van der Waals surface area contributed by atoms with E-state index in [1.54, 1.807) is 12.1 Å². The van der Waals surface area contributed by atoms with Crippen LogP contribution >= 0.6 is 0 Å². The largest absolute Gasteiger partial charge is 0.314 e. The lowest BCUT2D eigenvalue weighted by atomic mass is 9.92. The molecule has 0 spiro atoms. The molecule has 0 aliphatic carbocycles. The second kappa shape index (κ2) is 7.94. The third-order valence-corrected chi connectivity index (χ3v) is 3.62. The Morgan fingerprint density at radius 3 is 2.00 bits per heavy atom. The molecular weight excluding hydrogens is 261 g/mol. The van der Waals surface area contributed by atoms with Gasteiger partial charge in [0.05, 0.1) is 0 Å². The molecule has 0 aliphatic heterocycles. The minimum Gasteiger partial charge on any atom is -0.314 e. The molecule has 0 saturated carbocycles. The molecule has 21 heavy (non-hydrogen) atoms. The average Bonchev–Trinajstić information content (AvgIpc) is 2.48. The van der Waals surface area contributed by atoms with Crippen molar-refractivity contribution in [2.24, 2.45) is 5.92 Å². The summed E-state index contributed by atoms with van der Waals surface area (Å²) < 4.78 is 13.0. The molecule has 0 saturated heterocycles. The first-order valence-corrected chi connectivity index (χ1v) is 7.65. The highest BCUT2D eigenvalue weighted by molar-refractivity contribution is 5.19. The summed E-state index contributed by atoms with van der Waals surface area (Å²) in [6, 6.07) is 17.9. The van der Waals surface area contributed by atoms with Gasteiger partial charge in [-0.05, 0) is 48.6 Å². The molecule has 0 fully saturated rings. The van der Waals surface area contributed by atoms with Crippen LogP contribution < -0.4 is 5.32 Å². The third-order valence-electron chi connectivity index (χ3n) is 3.62. The third kappa shape index (κ3) is 5.68. The number of halogens is 1. The Bertz CT molecular complexity index is 519. The summed E-state index contributed by atoms with van der Waals surface area (Å²) in [5, 5.41) is 3.52. The first kappa shape index (κ1) is 15.7. The molecule has 0 bridgehead atoms. The van der Waals surface area contributed by atoms with Gasteiger partial charge in [0.2, 0.25) is 0 Å². The molecular formula is C19H24FN. The molecule has 0 aromatic heterocycles. The fourth-order valence-electron chi connectivity index (χ4n) is 2.52. The van der Waals surface area contributed by atoms with E-state index in [9.17, 15) is 4.39 Å². The zero-order valence-corrected chi connectivity index (χ0v) is 12.9. The van der Waals surface area contributed by atoms with E-state index in [2.05, 4.69) is 43.4 Å². The zero-order chi connectivity index (χ0) is 15.1. The molecule has 112 valence electrons. The standard InChI is InChI=1S/C19H24FN/c1-15(2)21-14-18(12-16-6-4-3-5-7-16)13-17-8-10-19(20)11-9-17/h3-11,15,18,21H,12-14H2,1-2H3. The molecule has 1 nitrogen and oxygen atoms in total. The monoisotopic (exact) mass is 285 g/mol. The summed E-state index contributed by atoms with van der Waals surface area (Å²) in [5.74, 6) is 0.346. The maximum absolute atomic E-state index is 13.0. The normalized spacial score (nSPS) is 12.6. The van der Waals surface area contributed by atoms with Crippen LogP contribution in [0.1, 0.15) is 25.0 Å². The van der Waals surface area contributed by atoms with Crippen LogP contribution in [0.3, 0.4) is 0 Å². The quantitative estimate of drug-likeness (QED) is 0.803. The molecule has 0 radical (unpaired) electrons. The van der Waals surface area contributed by atoms with Gasteiger partial charge in [0.15, 0.2) is 0 Å². The van der Waals surface area contributed by atoms with Gasteiger partial charge in [0.1, 0.15) is 5.82 Å². The van der Waals surface area contributed by atoms with E-state index in [4.69, 9.17) is 0 Å². The highest BCUT2D eigenvalue weighted by Crippen LogP contribution is 2.15. The maximum Gasteiger partial charge on any atom is 0.123 e. The Hall–Kier alpha value is -1.67.